The van der Waals surface area contributed by atoms with Crippen LogP contribution in [0.5, 0.6) is 0 Å². The molecular formula is C12H20N2O5. The highest BCUT2D eigenvalue weighted by atomic mass is 16.6. The number of carboxylic acid groups (broad SMARTS) is 1. The molecule has 0 bridgehead atoms. The minimum Gasteiger partial charge on any atom is -0.478 e. The number of nitrogens with one attached hydrogen (secondary N) is 2. The zero-order valence-corrected chi connectivity index (χ0v) is 11.4. The summed E-state index contributed by atoms with van der Waals surface area (Å²) in [6.07, 6.45) is 1.70. The lowest BCUT2D eigenvalue weighted by Gasteiger charge is -2.19. The molecule has 0 aromatic carbocycles. The van der Waals surface area contributed by atoms with E-state index in [0.29, 0.717) is 19.5 Å². The molecule has 0 atom stereocenters. The van der Waals surface area contributed by atoms with Crippen molar-refractivity contribution >= 4 is 18.0 Å². The van der Waals surface area contributed by atoms with Gasteiger partial charge in [-0.2, -0.15) is 0 Å². The van der Waals surface area contributed by atoms with Gasteiger partial charge < -0.3 is 20.5 Å². The largest absolute Gasteiger partial charge is 0.478 e. The Kier molecular flexibility index (Phi) is 7.25. The van der Waals surface area contributed by atoms with Gasteiger partial charge in [-0.05, 0) is 27.2 Å². The number of hydrogen-bond acceptors (Lipinski definition) is 4. The molecular weight excluding hydrogens is 252 g/mol. The first-order valence-corrected chi connectivity index (χ1v) is 5.86. The van der Waals surface area contributed by atoms with E-state index in [9.17, 15) is 14.4 Å². The Labute approximate surface area is 112 Å². The van der Waals surface area contributed by atoms with Crippen molar-refractivity contribution in [3.8, 4) is 0 Å². The van der Waals surface area contributed by atoms with Crippen LogP contribution in [0, 0.1) is 0 Å². The number of hydrogen-bond donors (Lipinski definition) is 3. The molecule has 0 radical (unpaired) electrons. The third-order valence-corrected chi connectivity index (χ3v) is 1.70. The number of alkyl carbamates (subject to hydrolysis) is 1. The maximum atomic E-state index is 11.2. The average molecular weight is 272 g/mol. The number of carbonyl (C=O) groups excluding carboxylic acids is 2. The summed E-state index contributed by atoms with van der Waals surface area (Å²) < 4.78 is 5.02. The Morgan fingerprint density at radius 2 is 1.68 bits per heavy atom. The molecule has 0 rings (SSSR count). The zero-order valence-electron chi connectivity index (χ0n) is 11.4. The molecule has 7 heteroatoms. The number of carbonyl (C=O) groups is 3. The number of aliphatic carboxylic acids is 1. The Balaban J connectivity index is 3.63. The van der Waals surface area contributed by atoms with Gasteiger partial charge in [0.2, 0.25) is 5.91 Å². The van der Waals surface area contributed by atoms with E-state index in [4.69, 9.17) is 9.84 Å². The summed E-state index contributed by atoms with van der Waals surface area (Å²) in [7, 11) is 0. The monoisotopic (exact) mass is 272 g/mol. The Bertz CT molecular complexity index is 358. The highest BCUT2D eigenvalue weighted by molar-refractivity contribution is 5.93. The molecule has 3 N–H and O–H groups in total. The van der Waals surface area contributed by atoms with E-state index in [1.165, 1.54) is 0 Å². The molecule has 0 aliphatic heterocycles. The van der Waals surface area contributed by atoms with Crippen molar-refractivity contribution in [3.05, 3.63) is 12.2 Å². The predicted molar refractivity (Wildman–Crippen MR) is 68.6 cm³/mol. The van der Waals surface area contributed by atoms with E-state index in [1.54, 1.807) is 20.8 Å². The van der Waals surface area contributed by atoms with Crippen LogP contribution < -0.4 is 10.6 Å². The fourth-order valence-electron chi connectivity index (χ4n) is 1.01. The summed E-state index contributed by atoms with van der Waals surface area (Å²) >= 11 is 0. The second-order valence-electron chi connectivity index (χ2n) is 4.74. The fourth-order valence-corrected chi connectivity index (χ4v) is 1.01. The third-order valence-electron chi connectivity index (χ3n) is 1.70. The Morgan fingerprint density at radius 1 is 1.11 bits per heavy atom. The Morgan fingerprint density at radius 3 is 2.21 bits per heavy atom. The summed E-state index contributed by atoms with van der Waals surface area (Å²) in [5, 5.41) is 13.3. The maximum absolute atomic E-state index is 11.2. The first-order valence-electron chi connectivity index (χ1n) is 5.86. The van der Waals surface area contributed by atoms with Gasteiger partial charge in [-0.15, -0.1) is 0 Å². The lowest BCUT2D eigenvalue weighted by Crippen LogP contribution is -2.34. The SMILES string of the molecule is CC(C)(C)OC(=O)NCCCNC(=O)/C=C/C(=O)O. The molecule has 2 amide bonds. The van der Waals surface area contributed by atoms with Gasteiger partial charge in [0.05, 0.1) is 0 Å². The number of ether oxygens (including phenoxy) is 1. The van der Waals surface area contributed by atoms with Crippen molar-refractivity contribution in [3.63, 3.8) is 0 Å². The second-order valence-corrected chi connectivity index (χ2v) is 4.74. The van der Waals surface area contributed by atoms with Gasteiger partial charge in [0.1, 0.15) is 5.60 Å². The molecule has 0 aliphatic rings. The molecule has 108 valence electrons. The van der Waals surface area contributed by atoms with E-state index in [1.807, 2.05) is 0 Å². The summed E-state index contributed by atoms with van der Waals surface area (Å²) in [5.74, 6) is -1.67. The molecule has 0 spiro atoms. The molecule has 7 nitrogen and oxygen atoms in total. The van der Waals surface area contributed by atoms with Gasteiger partial charge in [0.15, 0.2) is 0 Å². The van der Waals surface area contributed by atoms with Gasteiger partial charge >= 0.3 is 12.1 Å². The van der Waals surface area contributed by atoms with Crippen molar-refractivity contribution < 1.29 is 24.2 Å². The molecule has 0 saturated carbocycles. The lowest BCUT2D eigenvalue weighted by molar-refractivity contribution is -0.131. The highest BCUT2D eigenvalue weighted by Gasteiger charge is 2.15. The van der Waals surface area contributed by atoms with Gasteiger partial charge in [-0.25, -0.2) is 9.59 Å². The minimum atomic E-state index is -1.18. The summed E-state index contributed by atoms with van der Waals surface area (Å²) in [6, 6.07) is 0. The molecule has 0 fully saturated rings. The van der Waals surface area contributed by atoms with Gasteiger partial charge in [0, 0.05) is 25.2 Å². The van der Waals surface area contributed by atoms with E-state index >= 15 is 0 Å². The molecule has 0 aliphatic carbocycles. The van der Waals surface area contributed by atoms with Crippen LogP contribution in [0.1, 0.15) is 27.2 Å². The standard InChI is InChI=1S/C12H20N2O5/c1-12(2,3)19-11(18)14-8-4-7-13-9(15)5-6-10(16)17/h5-6H,4,7-8H2,1-3H3,(H,13,15)(H,14,18)(H,16,17)/b6-5+. The maximum Gasteiger partial charge on any atom is 0.407 e. The Hall–Kier alpha value is -2.05. The molecule has 0 aromatic rings. The van der Waals surface area contributed by atoms with E-state index in [2.05, 4.69) is 10.6 Å². The highest BCUT2D eigenvalue weighted by Crippen LogP contribution is 2.06. The van der Waals surface area contributed by atoms with Crippen molar-refractivity contribution in [2.24, 2.45) is 0 Å². The first-order chi connectivity index (χ1) is 8.70. The zero-order chi connectivity index (χ0) is 14.9. The van der Waals surface area contributed by atoms with Crippen LogP contribution in [-0.4, -0.2) is 41.8 Å². The van der Waals surface area contributed by atoms with Gasteiger partial charge in [-0.1, -0.05) is 0 Å². The molecule has 0 aromatic heterocycles. The van der Waals surface area contributed by atoms with Gasteiger partial charge in [0.25, 0.3) is 0 Å². The van der Waals surface area contributed by atoms with E-state index in [0.717, 1.165) is 12.2 Å². The van der Waals surface area contributed by atoms with Crippen LogP contribution in [-0.2, 0) is 14.3 Å². The average Bonchev–Trinajstić information content (AvgIpc) is 2.23. The van der Waals surface area contributed by atoms with Crippen LogP contribution in [0.3, 0.4) is 0 Å². The topological polar surface area (TPSA) is 105 Å². The van der Waals surface area contributed by atoms with Crippen molar-refractivity contribution in [2.75, 3.05) is 13.1 Å². The van der Waals surface area contributed by atoms with Crippen molar-refractivity contribution in [2.45, 2.75) is 32.8 Å². The molecule has 0 saturated heterocycles. The quantitative estimate of drug-likeness (QED) is 0.486. The molecule has 0 heterocycles. The van der Waals surface area contributed by atoms with E-state index in [-0.39, 0.29) is 0 Å². The lowest BCUT2D eigenvalue weighted by atomic mass is 10.2. The number of amides is 2. The predicted octanol–water partition coefficient (Wildman–Crippen LogP) is 0.658. The van der Waals surface area contributed by atoms with Crippen molar-refractivity contribution in [1.82, 2.24) is 10.6 Å². The number of rotatable bonds is 6. The van der Waals surface area contributed by atoms with Gasteiger partial charge in [-0.3, -0.25) is 4.79 Å². The van der Waals surface area contributed by atoms with Crippen molar-refractivity contribution in [1.29, 1.82) is 0 Å². The smallest absolute Gasteiger partial charge is 0.407 e. The molecule has 19 heavy (non-hydrogen) atoms. The summed E-state index contributed by atoms with van der Waals surface area (Å²) in [4.78, 5) is 32.4. The summed E-state index contributed by atoms with van der Waals surface area (Å²) in [6.45, 7) is 5.99. The number of carboxylic acids is 1. The van der Waals surface area contributed by atoms with Crippen LogP contribution in [0.4, 0.5) is 4.79 Å². The minimum absolute atomic E-state index is 0.332. The van der Waals surface area contributed by atoms with E-state index < -0.39 is 23.6 Å². The third kappa shape index (κ3) is 12.2. The van der Waals surface area contributed by atoms with Crippen LogP contribution >= 0.6 is 0 Å². The summed E-state index contributed by atoms with van der Waals surface area (Å²) in [5.41, 5.74) is -0.542. The van der Waals surface area contributed by atoms with Crippen LogP contribution in [0.2, 0.25) is 0 Å². The normalized spacial score (nSPS) is 11.1. The molecule has 0 unspecified atom stereocenters. The first kappa shape index (κ1) is 16.9. The van der Waals surface area contributed by atoms with Crippen LogP contribution in [0.25, 0.3) is 0 Å². The fraction of sp³-hybridized carbons (Fsp3) is 0.583. The van der Waals surface area contributed by atoms with Crippen LogP contribution in [0.15, 0.2) is 12.2 Å². The second kappa shape index (κ2) is 8.12.